The fourth-order valence-corrected chi connectivity index (χ4v) is 1.63. The highest BCUT2D eigenvalue weighted by molar-refractivity contribution is 5.75. The quantitative estimate of drug-likeness (QED) is 0.722. The van der Waals surface area contributed by atoms with Gasteiger partial charge in [-0.1, -0.05) is 6.07 Å². The minimum absolute atomic E-state index is 0.249. The lowest BCUT2D eigenvalue weighted by molar-refractivity contribution is -0.00136. The molecule has 3 N–H and O–H groups in total. The van der Waals surface area contributed by atoms with Gasteiger partial charge in [-0.05, 0) is 24.6 Å². The number of aliphatic hydroxyl groups excluding tert-OH is 1. The van der Waals surface area contributed by atoms with Crippen LogP contribution in [-0.2, 0) is 4.74 Å². The summed E-state index contributed by atoms with van der Waals surface area (Å²) in [6.45, 7) is 1.79. The van der Waals surface area contributed by atoms with E-state index in [1.54, 1.807) is 32.2 Å². The smallest absolute Gasteiger partial charge is 0.323 e. The topological polar surface area (TPSA) is 78.1 Å². The molecule has 1 heterocycles. The first kappa shape index (κ1) is 10.9. The Bertz CT molecular complexity index is 543. The fraction of sp³-hybridized carbons (Fsp3) is 0.364. The molecular weight excluding hydrogens is 208 g/mol. The molecule has 16 heavy (non-hydrogen) atoms. The third-order valence-corrected chi connectivity index (χ3v) is 2.70. The molecule has 0 saturated carbocycles. The van der Waals surface area contributed by atoms with E-state index in [4.69, 9.17) is 4.74 Å². The summed E-state index contributed by atoms with van der Waals surface area (Å²) in [7, 11) is 1.55. The molecule has 0 bridgehead atoms. The van der Waals surface area contributed by atoms with E-state index in [9.17, 15) is 9.90 Å². The van der Waals surface area contributed by atoms with Crippen molar-refractivity contribution in [3.8, 4) is 0 Å². The van der Waals surface area contributed by atoms with Crippen LogP contribution in [0.15, 0.2) is 23.0 Å². The number of imidazole rings is 1. The van der Waals surface area contributed by atoms with Crippen molar-refractivity contribution in [3.05, 3.63) is 34.2 Å². The van der Waals surface area contributed by atoms with E-state index in [1.807, 2.05) is 0 Å². The van der Waals surface area contributed by atoms with Gasteiger partial charge in [-0.2, -0.15) is 0 Å². The molecule has 0 fully saturated rings. The third-order valence-electron chi connectivity index (χ3n) is 2.70. The first-order valence-electron chi connectivity index (χ1n) is 5.04. The predicted octanol–water partition coefficient (Wildman–Crippen LogP) is 0.925. The van der Waals surface area contributed by atoms with Crippen molar-refractivity contribution < 1.29 is 9.84 Å². The van der Waals surface area contributed by atoms with Gasteiger partial charge in [0.05, 0.1) is 17.1 Å². The van der Waals surface area contributed by atoms with Crippen molar-refractivity contribution in [1.29, 1.82) is 0 Å². The largest absolute Gasteiger partial charge is 0.386 e. The van der Waals surface area contributed by atoms with Crippen LogP contribution in [0, 0.1) is 0 Å². The molecule has 0 spiro atoms. The third kappa shape index (κ3) is 1.87. The molecule has 0 aliphatic rings. The van der Waals surface area contributed by atoms with E-state index >= 15 is 0 Å². The first-order valence-corrected chi connectivity index (χ1v) is 5.04. The standard InChI is InChI=1S/C11H14N2O3/c1-6(16-2)10(14)7-3-4-8-9(5-7)13-11(15)12-8/h3-6,10,14H,1-2H3,(H2,12,13,15). The molecule has 5 nitrogen and oxygen atoms in total. The summed E-state index contributed by atoms with van der Waals surface area (Å²) in [5.74, 6) is 0. The molecule has 0 amide bonds. The second-order valence-corrected chi connectivity index (χ2v) is 3.77. The average Bonchev–Trinajstić information content (AvgIpc) is 2.65. The summed E-state index contributed by atoms with van der Waals surface area (Å²) in [6.07, 6.45) is -0.990. The minimum Gasteiger partial charge on any atom is -0.386 e. The molecule has 0 radical (unpaired) electrons. The maximum atomic E-state index is 11.1. The molecule has 1 aromatic heterocycles. The minimum atomic E-state index is -0.701. The molecule has 0 aliphatic carbocycles. The highest BCUT2D eigenvalue weighted by Crippen LogP contribution is 2.21. The molecule has 0 saturated heterocycles. The first-order chi connectivity index (χ1) is 7.61. The Kier molecular flexibility index (Phi) is 2.80. The van der Waals surface area contributed by atoms with Crippen LogP contribution >= 0.6 is 0 Å². The van der Waals surface area contributed by atoms with Gasteiger partial charge in [-0.3, -0.25) is 0 Å². The molecule has 1 aromatic carbocycles. The number of ether oxygens (including phenoxy) is 1. The lowest BCUT2D eigenvalue weighted by Gasteiger charge is -2.17. The van der Waals surface area contributed by atoms with Crippen molar-refractivity contribution in [2.75, 3.05) is 7.11 Å². The molecule has 2 rings (SSSR count). The van der Waals surface area contributed by atoms with Crippen molar-refractivity contribution in [3.63, 3.8) is 0 Å². The second-order valence-electron chi connectivity index (χ2n) is 3.77. The Hall–Kier alpha value is -1.59. The summed E-state index contributed by atoms with van der Waals surface area (Å²) in [6, 6.07) is 5.27. The molecular formula is C11H14N2O3. The van der Waals surface area contributed by atoms with Gasteiger partial charge < -0.3 is 19.8 Å². The van der Waals surface area contributed by atoms with Gasteiger partial charge in [0.1, 0.15) is 6.10 Å². The van der Waals surface area contributed by atoms with E-state index in [-0.39, 0.29) is 11.8 Å². The second kappa shape index (κ2) is 4.11. The number of H-pyrrole nitrogens is 2. The van der Waals surface area contributed by atoms with Crippen LogP contribution in [0.4, 0.5) is 0 Å². The van der Waals surface area contributed by atoms with Crippen molar-refractivity contribution >= 4 is 11.0 Å². The number of fused-ring (bicyclic) bond motifs is 1. The molecule has 0 aliphatic heterocycles. The maximum Gasteiger partial charge on any atom is 0.323 e. The Morgan fingerprint density at radius 1 is 1.31 bits per heavy atom. The summed E-state index contributed by atoms with van der Waals surface area (Å²) >= 11 is 0. The predicted molar refractivity (Wildman–Crippen MR) is 60.4 cm³/mol. The van der Waals surface area contributed by atoms with Gasteiger partial charge in [-0.25, -0.2) is 4.79 Å². The Labute approximate surface area is 92.1 Å². The average molecular weight is 222 g/mol. The number of hydrogen-bond donors (Lipinski definition) is 3. The van der Waals surface area contributed by atoms with Crippen LogP contribution < -0.4 is 5.69 Å². The van der Waals surface area contributed by atoms with Crippen LogP contribution in [0.3, 0.4) is 0 Å². The molecule has 2 unspecified atom stereocenters. The van der Waals surface area contributed by atoms with E-state index < -0.39 is 6.10 Å². The molecule has 2 atom stereocenters. The van der Waals surface area contributed by atoms with Gasteiger partial charge >= 0.3 is 5.69 Å². The Morgan fingerprint density at radius 2 is 2.00 bits per heavy atom. The van der Waals surface area contributed by atoms with Crippen LogP contribution in [-0.4, -0.2) is 28.3 Å². The number of aromatic nitrogens is 2. The van der Waals surface area contributed by atoms with E-state index in [0.29, 0.717) is 5.52 Å². The van der Waals surface area contributed by atoms with E-state index in [1.165, 1.54) is 0 Å². The number of nitrogens with one attached hydrogen (secondary N) is 2. The Balaban J connectivity index is 2.42. The van der Waals surface area contributed by atoms with Gasteiger partial charge in [0.15, 0.2) is 0 Å². The van der Waals surface area contributed by atoms with Crippen LogP contribution in [0.2, 0.25) is 0 Å². The van der Waals surface area contributed by atoms with E-state index in [0.717, 1.165) is 11.1 Å². The molecule has 86 valence electrons. The SMILES string of the molecule is COC(C)C(O)c1ccc2[nH]c(=O)[nH]c2c1. The zero-order chi connectivity index (χ0) is 11.7. The Morgan fingerprint density at radius 3 is 2.69 bits per heavy atom. The van der Waals surface area contributed by atoms with Crippen molar-refractivity contribution in [2.45, 2.75) is 19.1 Å². The van der Waals surface area contributed by atoms with Crippen molar-refractivity contribution in [2.24, 2.45) is 0 Å². The van der Waals surface area contributed by atoms with Gasteiger partial charge in [0.2, 0.25) is 0 Å². The fourth-order valence-electron chi connectivity index (χ4n) is 1.63. The monoisotopic (exact) mass is 222 g/mol. The van der Waals surface area contributed by atoms with Gasteiger partial charge in [-0.15, -0.1) is 0 Å². The molecule has 5 heteroatoms. The lowest BCUT2D eigenvalue weighted by Crippen LogP contribution is -2.16. The summed E-state index contributed by atoms with van der Waals surface area (Å²) in [4.78, 5) is 16.4. The number of aliphatic hydroxyl groups is 1. The number of benzene rings is 1. The van der Waals surface area contributed by atoms with Crippen LogP contribution in [0.5, 0.6) is 0 Å². The highest BCUT2D eigenvalue weighted by atomic mass is 16.5. The van der Waals surface area contributed by atoms with Crippen LogP contribution in [0.25, 0.3) is 11.0 Å². The summed E-state index contributed by atoms with van der Waals surface area (Å²) < 4.78 is 5.05. The number of aromatic amines is 2. The lowest BCUT2D eigenvalue weighted by atomic mass is 10.0. The number of hydrogen-bond acceptors (Lipinski definition) is 3. The summed E-state index contributed by atoms with van der Waals surface area (Å²) in [5.41, 5.74) is 1.88. The van der Waals surface area contributed by atoms with Crippen LogP contribution in [0.1, 0.15) is 18.6 Å². The van der Waals surface area contributed by atoms with Gasteiger partial charge in [0.25, 0.3) is 0 Å². The zero-order valence-corrected chi connectivity index (χ0v) is 9.15. The maximum absolute atomic E-state index is 11.1. The molecule has 2 aromatic rings. The highest BCUT2D eigenvalue weighted by Gasteiger charge is 2.16. The van der Waals surface area contributed by atoms with Crippen molar-refractivity contribution in [1.82, 2.24) is 9.97 Å². The van der Waals surface area contributed by atoms with E-state index in [2.05, 4.69) is 9.97 Å². The number of methoxy groups -OCH3 is 1. The van der Waals surface area contributed by atoms with Gasteiger partial charge in [0, 0.05) is 7.11 Å². The zero-order valence-electron chi connectivity index (χ0n) is 9.15. The normalized spacial score (nSPS) is 15.2. The summed E-state index contributed by atoms with van der Waals surface area (Å²) in [5, 5.41) is 9.93. The number of rotatable bonds is 3.